The number of halogens is 1. The first-order valence-corrected chi connectivity index (χ1v) is 12.2. The van der Waals surface area contributed by atoms with Crippen LogP contribution in [-0.4, -0.2) is 37.2 Å². The number of aliphatic imine (C=N–C) groups is 1. The maximum atomic E-state index is 12.6. The highest BCUT2D eigenvalue weighted by Crippen LogP contribution is 2.29. The molecule has 0 N–H and O–H groups in total. The second-order valence-electron chi connectivity index (χ2n) is 7.96. The second-order valence-corrected chi connectivity index (χ2v) is 9.12. The predicted molar refractivity (Wildman–Crippen MR) is 140 cm³/mol. The van der Waals surface area contributed by atoms with Gasteiger partial charge in [0.25, 0.3) is 5.91 Å². The Morgan fingerprint density at radius 3 is 2.48 bits per heavy atom. The van der Waals surface area contributed by atoms with Crippen molar-refractivity contribution in [1.29, 1.82) is 0 Å². The fourth-order valence-corrected chi connectivity index (χ4v) is 4.30. The summed E-state index contributed by atoms with van der Waals surface area (Å²) in [5.74, 6) is 1.43. The first-order chi connectivity index (χ1) is 16.1. The lowest BCUT2D eigenvalue weighted by Gasteiger charge is -2.26. The van der Waals surface area contributed by atoms with Gasteiger partial charge in [-0.05, 0) is 95.4 Å². The molecule has 0 spiro atoms. The number of carbonyl (C=O) groups is 1. The van der Waals surface area contributed by atoms with Gasteiger partial charge in [-0.2, -0.15) is 0 Å². The van der Waals surface area contributed by atoms with E-state index in [9.17, 15) is 4.79 Å². The van der Waals surface area contributed by atoms with Gasteiger partial charge in [-0.3, -0.25) is 9.79 Å². The number of likely N-dealkylation sites (tertiary alicyclic amines) is 1. The molecule has 1 aliphatic rings. The van der Waals surface area contributed by atoms with E-state index in [4.69, 9.17) is 9.47 Å². The molecule has 6 heteroatoms. The van der Waals surface area contributed by atoms with Gasteiger partial charge >= 0.3 is 0 Å². The van der Waals surface area contributed by atoms with E-state index in [-0.39, 0.29) is 5.91 Å². The molecule has 1 heterocycles. The Hall–Kier alpha value is -2.87. The van der Waals surface area contributed by atoms with E-state index in [2.05, 4.69) is 27.6 Å². The number of amides is 1. The van der Waals surface area contributed by atoms with E-state index in [1.165, 1.54) is 6.42 Å². The van der Waals surface area contributed by atoms with Crippen molar-refractivity contribution in [3.8, 4) is 11.5 Å². The summed E-state index contributed by atoms with van der Waals surface area (Å²) in [6, 6.07) is 21.4. The normalized spacial score (nSPS) is 13.8. The lowest BCUT2D eigenvalue weighted by atomic mass is 10.1. The van der Waals surface area contributed by atoms with Crippen LogP contribution in [0.2, 0.25) is 0 Å². The molecule has 0 unspecified atom stereocenters. The summed E-state index contributed by atoms with van der Waals surface area (Å²) in [7, 11) is 1.63. The Balaban J connectivity index is 1.38. The average molecular weight is 554 g/mol. The van der Waals surface area contributed by atoms with Crippen LogP contribution in [0, 0.1) is 3.57 Å². The molecule has 1 aliphatic heterocycles. The molecular formula is C27H27IN2O3. The van der Waals surface area contributed by atoms with Crippen LogP contribution in [0.4, 0.5) is 5.69 Å². The van der Waals surface area contributed by atoms with Crippen molar-refractivity contribution in [2.24, 2.45) is 4.99 Å². The van der Waals surface area contributed by atoms with Crippen LogP contribution in [0.15, 0.2) is 71.7 Å². The third-order valence-corrected chi connectivity index (χ3v) is 6.54. The topological polar surface area (TPSA) is 51.1 Å². The second kappa shape index (κ2) is 11.3. The van der Waals surface area contributed by atoms with Gasteiger partial charge in [0.1, 0.15) is 6.61 Å². The molecule has 1 amide bonds. The van der Waals surface area contributed by atoms with Crippen molar-refractivity contribution in [1.82, 2.24) is 4.90 Å². The quantitative estimate of drug-likeness (QED) is 0.256. The number of benzene rings is 3. The summed E-state index contributed by atoms with van der Waals surface area (Å²) in [5, 5.41) is 0. The maximum Gasteiger partial charge on any atom is 0.253 e. The highest BCUT2D eigenvalue weighted by molar-refractivity contribution is 14.1. The Morgan fingerprint density at radius 2 is 1.76 bits per heavy atom. The summed E-state index contributed by atoms with van der Waals surface area (Å²) >= 11 is 2.28. The maximum absolute atomic E-state index is 12.6. The first-order valence-electron chi connectivity index (χ1n) is 11.1. The molecule has 0 bridgehead atoms. The van der Waals surface area contributed by atoms with Gasteiger partial charge in [-0.15, -0.1) is 0 Å². The van der Waals surface area contributed by atoms with E-state index in [0.717, 1.165) is 51.9 Å². The van der Waals surface area contributed by atoms with E-state index in [1.54, 1.807) is 7.11 Å². The molecule has 0 aromatic heterocycles. The largest absolute Gasteiger partial charge is 0.493 e. The Bertz CT molecular complexity index is 1120. The fourth-order valence-electron chi connectivity index (χ4n) is 3.77. The molecule has 0 saturated carbocycles. The van der Waals surface area contributed by atoms with Gasteiger partial charge in [0, 0.05) is 28.4 Å². The minimum Gasteiger partial charge on any atom is -0.493 e. The van der Waals surface area contributed by atoms with Crippen molar-refractivity contribution in [3.05, 3.63) is 87.0 Å². The molecule has 3 aromatic rings. The highest BCUT2D eigenvalue weighted by atomic mass is 127. The molecule has 1 fully saturated rings. The summed E-state index contributed by atoms with van der Waals surface area (Å²) in [5.41, 5.74) is 3.59. The fraction of sp³-hybridized carbons (Fsp3) is 0.259. The average Bonchev–Trinajstić information content (AvgIpc) is 2.87. The van der Waals surface area contributed by atoms with Crippen LogP contribution in [-0.2, 0) is 6.61 Å². The van der Waals surface area contributed by atoms with E-state index >= 15 is 0 Å². The van der Waals surface area contributed by atoms with Crippen LogP contribution in [0.1, 0.15) is 40.7 Å². The molecule has 0 atom stereocenters. The number of nitrogens with zero attached hydrogens (tertiary/aromatic N) is 2. The van der Waals surface area contributed by atoms with Gasteiger partial charge in [0.15, 0.2) is 11.5 Å². The Kier molecular flexibility index (Phi) is 7.99. The van der Waals surface area contributed by atoms with Gasteiger partial charge in [0.2, 0.25) is 0 Å². The first kappa shape index (κ1) is 23.3. The van der Waals surface area contributed by atoms with Crippen LogP contribution < -0.4 is 9.47 Å². The lowest BCUT2D eigenvalue weighted by molar-refractivity contribution is 0.0724. The number of para-hydroxylation sites is 1. The zero-order chi connectivity index (χ0) is 23.0. The third-order valence-electron chi connectivity index (χ3n) is 5.63. The number of hydrogen-bond donors (Lipinski definition) is 0. The molecule has 0 radical (unpaired) electrons. The number of ether oxygens (including phenoxy) is 2. The predicted octanol–water partition coefficient (Wildman–Crippen LogP) is 6.26. The Labute approximate surface area is 208 Å². The van der Waals surface area contributed by atoms with Crippen molar-refractivity contribution in [2.75, 3.05) is 20.2 Å². The number of rotatable bonds is 7. The third kappa shape index (κ3) is 6.13. The molecule has 170 valence electrons. The summed E-state index contributed by atoms with van der Waals surface area (Å²) in [6.45, 7) is 2.10. The van der Waals surface area contributed by atoms with Crippen LogP contribution >= 0.6 is 22.6 Å². The molecule has 33 heavy (non-hydrogen) atoms. The summed E-state index contributed by atoms with van der Waals surface area (Å²) in [6.07, 6.45) is 5.22. The van der Waals surface area contributed by atoms with Gasteiger partial charge < -0.3 is 14.4 Å². The highest BCUT2D eigenvalue weighted by Gasteiger charge is 2.18. The van der Waals surface area contributed by atoms with Gasteiger partial charge in [-0.25, -0.2) is 0 Å². The van der Waals surface area contributed by atoms with Crippen LogP contribution in [0.25, 0.3) is 0 Å². The smallest absolute Gasteiger partial charge is 0.253 e. The SMILES string of the molecule is COc1cc(C=Nc2ccccc2I)ccc1OCc1ccc(C(=O)N2CCCCC2)cc1. The minimum absolute atomic E-state index is 0.117. The molecule has 0 aliphatic carbocycles. The minimum atomic E-state index is 0.117. The molecular weight excluding hydrogens is 527 g/mol. The number of piperidine rings is 1. The number of methoxy groups -OCH3 is 1. The summed E-state index contributed by atoms with van der Waals surface area (Å²) in [4.78, 5) is 19.2. The molecule has 4 rings (SSSR count). The summed E-state index contributed by atoms with van der Waals surface area (Å²) < 4.78 is 12.6. The van der Waals surface area contributed by atoms with Crippen molar-refractivity contribution < 1.29 is 14.3 Å². The zero-order valence-electron chi connectivity index (χ0n) is 18.7. The molecule has 1 saturated heterocycles. The molecule has 5 nitrogen and oxygen atoms in total. The Morgan fingerprint density at radius 1 is 1.00 bits per heavy atom. The van der Waals surface area contributed by atoms with Crippen molar-refractivity contribution in [2.45, 2.75) is 25.9 Å². The van der Waals surface area contributed by atoms with Crippen molar-refractivity contribution in [3.63, 3.8) is 0 Å². The monoisotopic (exact) mass is 554 g/mol. The van der Waals surface area contributed by atoms with E-state index in [0.29, 0.717) is 18.1 Å². The lowest BCUT2D eigenvalue weighted by Crippen LogP contribution is -2.35. The van der Waals surface area contributed by atoms with Crippen LogP contribution in [0.5, 0.6) is 11.5 Å². The van der Waals surface area contributed by atoms with E-state index < -0.39 is 0 Å². The zero-order valence-corrected chi connectivity index (χ0v) is 20.8. The van der Waals surface area contributed by atoms with Gasteiger partial charge in [0.05, 0.1) is 12.8 Å². The van der Waals surface area contributed by atoms with E-state index in [1.807, 2.05) is 77.8 Å². The van der Waals surface area contributed by atoms with Crippen molar-refractivity contribution >= 4 is 40.4 Å². The number of hydrogen-bond acceptors (Lipinski definition) is 4. The molecule has 3 aromatic carbocycles. The number of carbonyl (C=O) groups excluding carboxylic acids is 1. The van der Waals surface area contributed by atoms with Crippen LogP contribution in [0.3, 0.4) is 0 Å². The van der Waals surface area contributed by atoms with Gasteiger partial charge in [-0.1, -0.05) is 24.3 Å². The standard InChI is InChI=1S/C27H27IN2O3/c1-32-26-17-21(18-29-24-8-4-3-7-23(24)28)11-14-25(26)33-19-20-9-12-22(13-10-20)27(31)30-15-5-2-6-16-30/h3-4,7-14,17-18H,2,5-6,15-16,19H2,1H3.